The van der Waals surface area contributed by atoms with Crippen molar-refractivity contribution in [2.75, 3.05) is 39.5 Å². The zero-order valence-electron chi connectivity index (χ0n) is 15.0. The Labute approximate surface area is 145 Å². The lowest BCUT2D eigenvalue weighted by Gasteiger charge is -2.26. The molecular formula is C19H29N3O2. The Morgan fingerprint density at radius 1 is 1.04 bits per heavy atom. The lowest BCUT2D eigenvalue weighted by Crippen LogP contribution is -2.34. The first kappa shape index (κ1) is 18.5. The molecule has 0 bridgehead atoms. The molecule has 1 aliphatic rings. The van der Waals surface area contributed by atoms with Gasteiger partial charge in [0.05, 0.1) is 6.54 Å². The van der Waals surface area contributed by atoms with Crippen molar-refractivity contribution < 1.29 is 9.59 Å². The van der Waals surface area contributed by atoms with Gasteiger partial charge in [0.1, 0.15) is 0 Å². The van der Waals surface area contributed by atoms with Crippen molar-refractivity contribution >= 4 is 17.5 Å². The Balaban J connectivity index is 1.80. The summed E-state index contributed by atoms with van der Waals surface area (Å²) >= 11 is 0. The summed E-state index contributed by atoms with van der Waals surface area (Å²) in [7, 11) is 5.45. The molecule has 132 valence electrons. The lowest BCUT2D eigenvalue weighted by molar-refractivity contribution is -0.117. The van der Waals surface area contributed by atoms with E-state index in [2.05, 4.69) is 10.2 Å². The van der Waals surface area contributed by atoms with Crippen molar-refractivity contribution in [1.29, 1.82) is 0 Å². The Hall–Kier alpha value is -1.88. The smallest absolute Gasteiger partial charge is 0.253 e. The molecule has 0 saturated heterocycles. The highest BCUT2D eigenvalue weighted by Gasteiger charge is 2.17. The quantitative estimate of drug-likeness (QED) is 0.872. The molecule has 1 saturated carbocycles. The van der Waals surface area contributed by atoms with E-state index in [9.17, 15) is 9.59 Å². The van der Waals surface area contributed by atoms with Crippen LogP contribution in [-0.2, 0) is 4.79 Å². The van der Waals surface area contributed by atoms with Crippen LogP contribution < -0.4 is 5.32 Å². The number of carbonyl (C=O) groups excluding carboxylic acids is 2. The fourth-order valence-corrected chi connectivity index (χ4v) is 3.28. The first-order valence-corrected chi connectivity index (χ1v) is 8.76. The molecule has 2 amide bonds. The Kier molecular flexibility index (Phi) is 6.79. The second-order valence-electron chi connectivity index (χ2n) is 7.03. The van der Waals surface area contributed by atoms with Crippen LogP contribution in [-0.4, -0.2) is 55.8 Å². The predicted octanol–water partition coefficient (Wildman–Crippen LogP) is 2.84. The molecule has 0 atom stereocenters. The fourth-order valence-electron chi connectivity index (χ4n) is 3.28. The summed E-state index contributed by atoms with van der Waals surface area (Å²) in [6.45, 7) is 1.39. The van der Waals surface area contributed by atoms with Crippen LogP contribution in [0.15, 0.2) is 24.3 Å². The molecule has 1 aliphatic carbocycles. The van der Waals surface area contributed by atoms with Gasteiger partial charge in [0.25, 0.3) is 5.91 Å². The maximum Gasteiger partial charge on any atom is 0.253 e. The molecule has 5 nitrogen and oxygen atoms in total. The van der Waals surface area contributed by atoms with E-state index in [0.717, 1.165) is 18.2 Å². The monoisotopic (exact) mass is 331 g/mol. The third-order valence-electron chi connectivity index (χ3n) is 4.53. The average Bonchev–Trinajstić information content (AvgIpc) is 2.55. The van der Waals surface area contributed by atoms with E-state index in [1.165, 1.54) is 37.0 Å². The minimum absolute atomic E-state index is 0.0139. The van der Waals surface area contributed by atoms with Crippen molar-refractivity contribution in [2.45, 2.75) is 32.1 Å². The highest BCUT2D eigenvalue weighted by atomic mass is 16.2. The second kappa shape index (κ2) is 8.83. The number of carbonyl (C=O) groups is 2. The number of likely N-dealkylation sites (N-methyl/N-ethyl adjacent to an activating group) is 1. The molecule has 1 aromatic rings. The normalized spacial score (nSPS) is 15.3. The summed E-state index contributed by atoms with van der Waals surface area (Å²) in [6, 6.07) is 7.03. The summed E-state index contributed by atoms with van der Waals surface area (Å²) in [6.07, 6.45) is 6.57. The highest BCUT2D eigenvalue weighted by molar-refractivity contribution is 5.95. The van der Waals surface area contributed by atoms with E-state index in [1.54, 1.807) is 38.4 Å². The van der Waals surface area contributed by atoms with Gasteiger partial charge in [0, 0.05) is 31.9 Å². The second-order valence-corrected chi connectivity index (χ2v) is 7.03. The average molecular weight is 331 g/mol. The number of nitrogens with zero attached hydrogens (tertiary/aromatic N) is 2. The van der Waals surface area contributed by atoms with E-state index < -0.39 is 0 Å². The van der Waals surface area contributed by atoms with Crippen LogP contribution in [0, 0.1) is 5.92 Å². The molecule has 1 aromatic carbocycles. The topological polar surface area (TPSA) is 52.7 Å². The van der Waals surface area contributed by atoms with Crippen LogP contribution in [0.25, 0.3) is 0 Å². The van der Waals surface area contributed by atoms with Crippen LogP contribution in [0.5, 0.6) is 0 Å². The molecule has 1 N–H and O–H groups in total. The number of benzene rings is 1. The number of anilines is 1. The highest BCUT2D eigenvalue weighted by Crippen LogP contribution is 2.24. The Morgan fingerprint density at radius 3 is 2.25 bits per heavy atom. The number of hydrogen-bond acceptors (Lipinski definition) is 3. The Morgan fingerprint density at radius 2 is 1.67 bits per heavy atom. The third kappa shape index (κ3) is 5.64. The van der Waals surface area contributed by atoms with Crippen LogP contribution in [0.3, 0.4) is 0 Å². The van der Waals surface area contributed by atoms with Gasteiger partial charge < -0.3 is 10.2 Å². The molecule has 0 aromatic heterocycles. The van der Waals surface area contributed by atoms with Crippen molar-refractivity contribution in [1.82, 2.24) is 9.80 Å². The van der Waals surface area contributed by atoms with Crippen LogP contribution in [0.1, 0.15) is 42.5 Å². The third-order valence-corrected chi connectivity index (χ3v) is 4.53. The molecule has 5 heteroatoms. The number of nitrogens with one attached hydrogen (secondary N) is 1. The molecule has 1 fully saturated rings. The van der Waals surface area contributed by atoms with E-state index in [0.29, 0.717) is 12.1 Å². The van der Waals surface area contributed by atoms with Crippen molar-refractivity contribution in [3.8, 4) is 0 Å². The molecule has 0 heterocycles. The largest absolute Gasteiger partial charge is 0.345 e. The van der Waals surface area contributed by atoms with Gasteiger partial charge in [-0.25, -0.2) is 0 Å². The standard InChI is InChI=1S/C19H29N3O2/c1-21(2)19(24)16-9-11-17(12-10-16)20-18(23)14-22(3)13-15-7-5-4-6-8-15/h9-12,15H,4-8,13-14H2,1-3H3,(H,20,23). The van der Waals surface area contributed by atoms with Gasteiger partial charge in [-0.1, -0.05) is 19.3 Å². The van der Waals surface area contributed by atoms with Gasteiger partial charge in [-0.3, -0.25) is 14.5 Å². The van der Waals surface area contributed by atoms with Crippen molar-refractivity contribution in [2.24, 2.45) is 5.92 Å². The predicted molar refractivity (Wildman–Crippen MR) is 97.2 cm³/mol. The molecule has 2 rings (SSSR count). The van der Waals surface area contributed by atoms with E-state index in [1.807, 2.05) is 7.05 Å². The van der Waals surface area contributed by atoms with Crippen molar-refractivity contribution in [3.05, 3.63) is 29.8 Å². The summed E-state index contributed by atoms with van der Waals surface area (Å²) < 4.78 is 0. The zero-order valence-corrected chi connectivity index (χ0v) is 15.0. The molecule has 0 spiro atoms. The molecular weight excluding hydrogens is 302 g/mol. The van der Waals surface area contributed by atoms with Crippen LogP contribution in [0.2, 0.25) is 0 Å². The van der Waals surface area contributed by atoms with Gasteiger partial charge in [-0.15, -0.1) is 0 Å². The van der Waals surface area contributed by atoms with Gasteiger partial charge in [0.15, 0.2) is 0 Å². The SMILES string of the molecule is CN(CC(=O)Nc1ccc(C(=O)N(C)C)cc1)CC1CCCCC1. The molecule has 0 aliphatic heterocycles. The first-order chi connectivity index (χ1) is 11.5. The van der Waals surface area contributed by atoms with Gasteiger partial charge in [-0.05, 0) is 50.1 Å². The Bertz CT molecular complexity index is 548. The summed E-state index contributed by atoms with van der Waals surface area (Å²) in [5.41, 5.74) is 1.34. The minimum Gasteiger partial charge on any atom is -0.345 e. The van der Waals surface area contributed by atoms with Crippen LogP contribution in [0.4, 0.5) is 5.69 Å². The fraction of sp³-hybridized carbons (Fsp3) is 0.579. The number of hydrogen-bond donors (Lipinski definition) is 1. The van der Waals surface area contributed by atoms with Gasteiger partial charge in [0.2, 0.25) is 5.91 Å². The minimum atomic E-state index is -0.0416. The molecule has 0 radical (unpaired) electrons. The molecule has 0 unspecified atom stereocenters. The first-order valence-electron chi connectivity index (χ1n) is 8.76. The summed E-state index contributed by atoms with van der Waals surface area (Å²) in [5.74, 6) is 0.674. The number of amides is 2. The van der Waals surface area contributed by atoms with Gasteiger partial charge in [-0.2, -0.15) is 0 Å². The summed E-state index contributed by atoms with van der Waals surface area (Å²) in [4.78, 5) is 27.7. The lowest BCUT2D eigenvalue weighted by atomic mass is 9.89. The molecule has 24 heavy (non-hydrogen) atoms. The van der Waals surface area contributed by atoms with E-state index >= 15 is 0 Å². The van der Waals surface area contributed by atoms with Gasteiger partial charge >= 0.3 is 0 Å². The maximum atomic E-state index is 12.2. The zero-order chi connectivity index (χ0) is 17.5. The van der Waals surface area contributed by atoms with Crippen LogP contribution >= 0.6 is 0 Å². The van der Waals surface area contributed by atoms with E-state index in [-0.39, 0.29) is 11.8 Å². The number of rotatable bonds is 6. The summed E-state index contributed by atoms with van der Waals surface area (Å²) in [5, 5.41) is 2.90. The van der Waals surface area contributed by atoms with Crippen molar-refractivity contribution in [3.63, 3.8) is 0 Å². The van der Waals surface area contributed by atoms with E-state index in [4.69, 9.17) is 0 Å². The maximum absolute atomic E-state index is 12.2.